The predicted octanol–water partition coefficient (Wildman–Crippen LogP) is 6.75. The summed E-state index contributed by atoms with van der Waals surface area (Å²) in [4.78, 5) is 9.88. The van der Waals surface area contributed by atoms with Gasteiger partial charge in [-0.2, -0.15) is 0 Å². The monoisotopic (exact) mass is 574 g/mol. The standard InChI is InChI=1S/C37H42N4O2/c1-39(2)34-21-19-30(20-22-34)26-40(25-29-15-17-31(28-43)18-16-29)27-35-36(32-11-5-3-6-12-32)38-37(33-13-7-4-8-14-33)41(35)23-9-10-24-42/h3-8,11-22,42-43H,9-10,23-28H2,1-2H3. The van der Waals surface area contributed by atoms with Crippen molar-refractivity contribution in [1.82, 2.24) is 14.5 Å². The topological polar surface area (TPSA) is 64.8 Å². The molecular formula is C37H42N4O2. The molecule has 6 nitrogen and oxygen atoms in total. The molecule has 0 aliphatic rings. The van der Waals surface area contributed by atoms with E-state index in [-0.39, 0.29) is 13.2 Å². The quantitative estimate of drug-likeness (QED) is 0.144. The number of aliphatic hydroxyl groups excluding tert-OH is 2. The Balaban J connectivity index is 1.58. The molecule has 0 fully saturated rings. The van der Waals surface area contributed by atoms with Crippen molar-refractivity contribution in [3.63, 3.8) is 0 Å². The van der Waals surface area contributed by atoms with Gasteiger partial charge in [-0.1, -0.05) is 97.1 Å². The number of unbranched alkanes of at least 4 members (excludes halogenated alkanes) is 1. The lowest BCUT2D eigenvalue weighted by Gasteiger charge is -2.25. The first kappa shape index (κ1) is 30.2. The molecule has 6 heteroatoms. The molecule has 4 aromatic carbocycles. The summed E-state index contributed by atoms with van der Waals surface area (Å²) >= 11 is 0. The van der Waals surface area contributed by atoms with Crippen LogP contribution in [0.5, 0.6) is 0 Å². The molecule has 0 aliphatic carbocycles. The maximum absolute atomic E-state index is 9.60. The molecular weight excluding hydrogens is 532 g/mol. The molecule has 2 N–H and O–H groups in total. The van der Waals surface area contributed by atoms with E-state index in [0.717, 1.165) is 60.7 Å². The minimum Gasteiger partial charge on any atom is -0.396 e. The summed E-state index contributed by atoms with van der Waals surface area (Å²) in [6.45, 7) is 3.20. The molecule has 0 saturated carbocycles. The van der Waals surface area contributed by atoms with Gasteiger partial charge < -0.3 is 19.7 Å². The van der Waals surface area contributed by atoms with E-state index in [2.05, 4.69) is 113 Å². The summed E-state index contributed by atoms with van der Waals surface area (Å²) in [7, 11) is 4.12. The Hall–Kier alpha value is -4.23. The van der Waals surface area contributed by atoms with Crippen LogP contribution in [0.3, 0.4) is 0 Å². The Kier molecular flexibility index (Phi) is 10.4. The van der Waals surface area contributed by atoms with Gasteiger partial charge in [0.2, 0.25) is 0 Å². The van der Waals surface area contributed by atoms with E-state index in [1.54, 1.807) is 0 Å². The lowest BCUT2D eigenvalue weighted by Crippen LogP contribution is -2.24. The summed E-state index contributed by atoms with van der Waals surface area (Å²) < 4.78 is 2.37. The van der Waals surface area contributed by atoms with Crippen LogP contribution < -0.4 is 4.90 Å². The summed E-state index contributed by atoms with van der Waals surface area (Å²) in [5, 5.41) is 19.2. The van der Waals surface area contributed by atoms with E-state index in [1.165, 1.54) is 22.5 Å². The van der Waals surface area contributed by atoms with Gasteiger partial charge in [0, 0.05) is 63.7 Å². The lowest BCUT2D eigenvalue weighted by molar-refractivity contribution is 0.240. The first-order valence-corrected chi connectivity index (χ1v) is 15.0. The van der Waals surface area contributed by atoms with Gasteiger partial charge in [0.15, 0.2) is 0 Å². The molecule has 5 aromatic rings. The van der Waals surface area contributed by atoms with Gasteiger partial charge in [-0.05, 0) is 41.7 Å². The highest BCUT2D eigenvalue weighted by Crippen LogP contribution is 2.32. The second-order valence-electron chi connectivity index (χ2n) is 11.2. The molecule has 0 unspecified atom stereocenters. The van der Waals surface area contributed by atoms with Crippen LogP contribution >= 0.6 is 0 Å². The minimum absolute atomic E-state index is 0.0396. The van der Waals surface area contributed by atoms with Crippen molar-refractivity contribution in [3.05, 3.63) is 132 Å². The Labute approximate surface area is 255 Å². The maximum Gasteiger partial charge on any atom is 0.140 e. The molecule has 0 saturated heterocycles. The molecule has 0 amide bonds. The molecule has 1 aromatic heterocycles. The van der Waals surface area contributed by atoms with Crippen LogP contribution in [0.2, 0.25) is 0 Å². The zero-order valence-electron chi connectivity index (χ0n) is 25.2. The fourth-order valence-corrected chi connectivity index (χ4v) is 5.45. The highest BCUT2D eigenvalue weighted by molar-refractivity contribution is 5.68. The predicted molar refractivity (Wildman–Crippen MR) is 176 cm³/mol. The number of rotatable bonds is 14. The first-order chi connectivity index (χ1) is 21.1. The van der Waals surface area contributed by atoms with Crippen LogP contribution in [0, 0.1) is 0 Å². The summed E-state index contributed by atoms with van der Waals surface area (Å²) in [5.74, 6) is 0.954. The van der Waals surface area contributed by atoms with Gasteiger partial charge in [0.25, 0.3) is 0 Å². The average molecular weight is 575 g/mol. The van der Waals surface area contributed by atoms with E-state index in [4.69, 9.17) is 4.98 Å². The Morgan fingerprint density at radius 3 is 1.74 bits per heavy atom. The number of anilines is 1. The maximum atomic E-state index is 9.60. The van der Waals surface area contributed by atoms with Crippen molar-refractivity contribution < 1.29 is 10.2 Å². The summed E-state index contributed by atoms with van der Waals surface area (Å²) in [6.07, 6.45) is 1.61. The third kappa shape index (κ3) is 7.79. The fourth-order valence-electron chi connectivity index (χ4n) is 5.45. The van der Waals surface area contributed by atoms with Crippen LogP contribution in [0.4, 0.5) is 5.69 Å². The summed E-state index contributed by atoms with van der Waals surface area (Å²) in [5.41, 5.74) is 8.86. The van der Waals surface area contributed by atoms with Crippen molar-refractivity contribution in [2.24, 2.45) is 0 Å². The van der Waals surface area contributed by atoms with Crippen LogP contribution in [-0.4, -0.2) is 45.4 Å². The van der Waals surface area contributed by atoms with E-state index in [0.29, 0.717) is 6.54 Å². The van der Waals surface area contributed by atoms with Crippen molar-refractivity contribution in [1.29, 1.82) is 0 Å². The third-order valence-electron chi connectivity index (χ3n) is 7.79. The normalized spacial score (nSPS) is 11.3. The molecule has 5 rings (SSSR count). The van der Waals surface area contributed by atoms with E-state index in [1.807, 2.05) is 24.3 Å². The fraction of sp³-hybridized carbons (Fsp3) is 0.270. The Bertz CT molecular complexity index is 1550. The second kappa shape index (κ2) is 14.8. The van der Waals surface area contributed by atoms with Gasteiger partial charge in [-0.15, -0.1) is 0 Å². The second-order valence-corrected chi connectivity index (χ2v) is 11.2. The highest BCUT2D eigenvalue weighted by Gasteiger charge is 2.22. The molecule has 0 bridgehead atoms. The van der Waals surface area contributed by atoms with Crippen molar-refractivity contribution in [2.45, 2.75) is 45.6 Å². The summed E-state index contributed by atoms with van der Waals surface area (Å²) in [6, 6.07) is 37.8. The average Bonchev–Trinajstić information content (AvgIpc) is 3.40. The van der Waals surface area contributed by atoms with Crippen molar-refractivity contribution >= 4 is 5.69 Å². The Morgan fingerprint density at radius 2 is 1.19 bits per heavy atom. The molecule has 0 radical (unpaired) electrons. The number of aromatic nitrogens is 2. The number of benzene rings is 4. The number of aliphatic hydroxyl groups is 2. The van der Waals surface area contributed by atoms with E-state index >= 15 is 0 Å². The zero-order valence-corrected chi connectivity index (χ0v) is 25.2. The van der Waals surface area contributed by atoms with Crippen LogP contribution in [-0.2, 0) is 32.8 Å². The van der Waals surface area contributed by atoms with Gasteiger partial charge in [-0.3, -0.25) is 4.90 Å². The largest absolute Gasteiger partial charge is 0.396 e. The van der Waals surface area contributed by atoms with Gasteiger partial charge in [-0.25, -0.2) is 4.98 Å². The molecule has 0 aliphatic heterocycles. The van der Waals surface area contributed by atoms with E-state index < -0.39 is 0 Å². The number of imidazole rings is 1. The Morgan fingerprint density at radius 1 is 0.628 bits per heavy atom. The number of hydrogen-bond donors (Lipinski definition) is 2. The first-order valence-electron chi connectivity index (χ1n) is 15.0. The number of hydrogen-bond acceptors (Lipinski definition) is 5. The molecule has 0 spiro atoms. The van der Waals surface area contributed by atoms with Gasteiger partial charge in [0.1, 0.15) is 5.82 Å². The van der Waals surface area contributed by atoms with Crippen LogP contribution in [0.1, 0.15) is 35.2 Å². The smallest absolute Gasteiger partial charge is 0.140 e. The molecule has 1 heterocycles. The SMILES string of the molecule is CN(C)c1ccc(CN(Cc2ccc(CO)cc2)Cc2c(-c3ccccc3)nc(-c3ccccc3)n2CCCCO)cc1. The number of nitrogens with zero attached hydrogens (tertiary/aromatic N) is 4. The lowest BCUT2D eigenvalue weighted by atomic mass is 10.1. The van der Waals surface area contributed by atoms with Gasteiger partial charge >= 0.3 is 0 Å². The van der Waals surface area contributed by atoms with Crippen LogP contribution in [0.15, 0.2) is 109 Å². The van der Waals surface area contributed by atoms with Crippen molar-refractivity contribution in [3.8, 4) is 22.6 Å². The highest BCUT2D eigenvalue weighted by atomic mass is 16.3. The van der Waals surface area contributed by atoms with Crippen LogP contribution in [0.25, 0.3) is 22.6 Å². The molecule has 222 valence electrons. The minimum atomic E-state index is 0.0396. The molecule has 43 heavy (non-hydrogen) atoms. The zero-order chi connectivity index (χ0) is 30.0. The third-order valence-corrected chi connectivity index (χ3v) is 7.79. The van der Waals surface area contributed by atoms with Gasteiger partial charge in [0.05, 0.1) is 18.0 Å². The van der Waals surface area contributed by atoms with Crippen molar-refractivity contribution in [2.75, 3.05) is 25.6 Å². The molecule has 0 atom stereocenters. The van der Waals surface area contributed by atoms with E-state index in [9.17, 15) is 10.2 Å².